The van der Waals surface area contributed by atoms with Crippen molar-refractivity contribution >= 4 is 15.9 Å². The number of alkyl halides is 1. The van der Waals surface area contributed by atoms with E-state index in [2.05, 4.69) is 116 Å². The summed E-state index contributed by atoms with van der Waals surface area (Å²) in [5, 5.41) is 21.4. The minimum atomic E-state index is 0. The van der Waals surface area contributed by atoms with Gasteiger partial charge in [-0.1, -0.05) is 156 Å². The van der Waals surface area contributed by atoms with Gasteiger partial charge < -0.3 is 14.6 Å². The number of halogens is 1. The number of ether oxygens (including phenoxy) is 2. The smallest absolute Gasteiger partial charge is 0.108 e. The molecular formula is C52H73BrN6O3. The highest BCUT2D eigenvalue weighted by atomic mass is 79.9. The Bertz CT molecular complexity index is 1940. The maximum absolute atomic E-state index is 8.85. The molecule has 62 heavy (non-hydrogen) atoms. The topological polar surface area (TPSA) is 118 Å². The van der Waals surface area contributed by atoms with Crippen LogP contribution in [-0.4, -0.2) is 51.9 Å². The number of azide groups is 1. The first-order chi connectivity index (χ1) is 28.8. The number of allylic oxidation sites excluding steroid dienone is 6. The summed E-state index contributed by atoms with van der Waals surface area (Å²) in [5.41, 5.74) is 13.7. The summed E-state index contributed by atoms with van der Waals surface area (Å²) in [6, 6.07) is 16.4. The average molecular weight is 910 g/mol. The van der Waals surface area contributed by atoms with Gasteiger partial charge in [-0.3, -0.25) is 0 Å². The third-order valence-corrected chi connectivity index (χ3v) is 12.5. The number of aliphatic hydroxyl groups is 1. The quantitative estimate of drug-likeness (QED) is 0.0369. The lowest BCUT2D eigenvalue weighted by Crippen LogP contribution is -2.14. The molecule has 9 unspecified atom stereocenters. The van der Waals surface area contributed by atoms with Crippen LogP contribution < -0.4 is 0 Å². The Morgan fingerprint density at radius 1 is 0.742 bits per heavy atom. The Morgan fingerprint density at radius 2 is 1.23 bits per heavy atom. The van der Waals surface area contributed by atoms with Crippen LogP contribution in [0.1, 0.15) is 88.8 Å². The van der Waals surface area contributed by atoms with Crippen molar-refractivity contribution in [1.29, 1.82) is 0 Å². The predicted molar refractivity (Wildman–Crippen MR) is 260 cm³/mol. The first-order valence-corrected chi connectivity index (χ1v) is 22.2. The van der Waals surface area contributed by atoms with Gasteiger partial charge >= 0.3 is 0 Å². The lowest BCUT2D eigenvalue weighted by molar-refractivity contribution is 0.0768. The summed E-state index contributed by atoms with van der Waals surface area (Å²) in [7, 11) is 0. The van der Waals surface area contributed by atoms with Crippen molar-refractivity contribution in [2.75, 3.05) is 31.8 Å². The van der Waals surface area contributed by atoms with Gasteiger partial charge in [-0.15, -0.1) is 17.9 Å². The van der Waals surface area contributed by atoms with Gasteiger partial charge in [0.1, 0.15) is 12.3 Å². The first kappa shape index (κ1) is 53.7. The number of aromatic nitrogens is 3. The molecule has 3 fully saturated rings. The molecule has 2 aromatic carbocycles. The lowest BCUT2D eigenvalue weighted by Gasteiger charge is -2.17. The van der Waals surface area contributed by atoms with Crippen LogP contribution in [0.5, 0.6) is 0 Å². The van der Waals surface area contributed by atoms with E-state index in [4.69, 9.17) is 33.0 Å². The molecule has 3 saturated carbocycles. The van der Waals surface area contributed by atoms with Crippen molar-refractivity contribution in [3.05, 3.63) is 130 Å². The molecule has 0 radical (unpaired) electrons. The van der Waals surface area contributed by atoms with E-state index in [0.29, 0.717) is 43.5 Å². The number of fused-ring (bicyclic) bond motifs is 6. The van der Waals surface area contributed by atoms with Gasteiger partial charge in [-0.05, 0) is 122 Å². The zero-order chi connectivity index (χ0) is 41.8. The van der Waals surface area contributed by atoms with Crippen molar-refractivity contribution in [1.82, 2.24) is 15.0 Å². The van der Waals surface area contributed by atoms with Crippen LogP contribution >= 0.6 is 15.9 Å². The van der Waals surface area contributed by atoms with Crippen molar-refractivity contribution in [3.8, 4) is 24.7 Å². The van der Waals surface area contributed by atoms with Gasteiger partial charge in [0.15, 0.2) is 0 Å². The number of terminal acetylenes is 2. The maximum atomic E-state index is 8.85. The van der Waals surface area contributed by atoms with Gasteiger partial charge in [0, 0.05) is 11.5 Å². The summed E-state index contributed by atoms with van der Waals surface area (Å²) in [6.07, 6.45) is 33.7. The number of aliphatic hydroxyl groups excluding tert-OH is 1. The molecule has 0 saturated heterocycles. The standard InChI is InChI=1S/C19H23N3O.C11H14O.C8H9N3.C8H12O.C3H3Br.3CH4/c1-14-2-4-15(5-3-14)10-22-11-19(20-21-22)13-23-12-18-9-16-6-7-17(18)8-16;1-2-5-12-8-11-7-9-3-4-10(11)6-9;1-7-2-4-8(5-3-7)6-10-11-9;9-5-8-4-6-1-2-7(8)3-6;1-2-3-4;;;/h2-7,11,16-18H,8-10,12-13H2,1H3;1,3-4,9-11H,5-8H2;2-5H,6H2,1H3;1-2,6-9H,3-5H2;1H,3H2;3*1H4. The summed E-state index contributed by atoms with van der Waals surface area (Å²) in [5.74, 6) is 11.6. The number of hydrogen-bond acceptors (Lipinski definition) is 6. The molecule has 0 amide bonds. The van der Waals surface area contributed by atoms with Crippen LogP contribution in [0.25, 0.3) is 10.4 Å². The van der Waals surface area contributed by atoms with E-state index in [1.165, 1.54) is 55.2 Å². The minimum Gasteiger partial charge on any atom is -0.396 e. The van der Waals surface area contributed by atoms with Gasteiger partial charge in [0.2, 0.25) is 0 Å². The fourth-order valence-corrected chi connectivity index (χ4v) is 9.03. The lowest BCUT2D eigenvalue weighted by atomic mass is 9.95. The van der Waals surface area contributed by atoms with Crippen LogP contribution in [0, 0.1) is 91.8 Å². The number of aryl methyl sites for hydroxylation is 2. The Labute approximate surface area is 382 Å². The second-order valence-electron chi connectivity index (χ2n) is 16.6. The maximum Gasteiger partial charge on any atom is 0.108 e. The van der Waals surface area contributed by atoms with Crippen LogP contribution in [0.3, 0.4) is 0 Å². The molecule has 6 bridgehead atoms. The van der Waals surface area contributed by atoms with Crippen molar-refractivity contribution < 1.29 is 14.6 Å². The van der Waals surface area contributed by atoms with Gasteiger partial charge in [-0.2, -0.15) is 0 Å². The SMILES string of the molecule is C.C.C.C#CCBr.C#CCOCC1CC2C=CC1C2.Cc1ccc(CN=[N+]=[N-])cc1.Cc1ccc(Cn2cc(COCC3CC4C=CC3C4)nn2)cc1.OCC1CC2C=CC1C2. The van der Waals surface area contributed by atoms with Crippen molar-refractivity contribution in [3.63, 3.8) is 0 Å². The van der Waals surface area contributed by atoms with E-state index in [1.807, 2.05) is 42.1 Å². The molecule has 336 valence electrons. The highest BCUT2D eigenvalue weighted by molar-refractivity contribution is 9.09. The highest BCUT2D eigenvalue weighted by Gasteiger charge is 2.37. The monoisotopic (exact) mass is 908 g/mol. The molecule has 0 spiro atoms. The first-order valence-electron chi connectivity index (χ1n) is 21.1. The molecule has 9 atom stereocenters. The second-order valence-corrected chi connectivity index (χ2v) is 17.2. The molecule has 1 N–H and O–H groups in total. The Hall–Kier alpha value is -4.41. The number of benzene rings is 2. The van der Waals surface area contributed by atoms with E-state index in [-0.39, 0.29) is 22.3 Å². The van der Waals surface area contributed by atoms with Gasteiger partial charge in [0.25, 0.3) is 0 Å². The zero-order valence-corrected chi connectivity index (χ0v) is 36.3. The van der Waals surface area contributed by atoms with Crippen LogP contribution in [0.15, 0.2) is 96.3 Å². The molecule has 9 nitrogen and oxygen atoms in total. The third kappa shape index (κ3) is 17.4. The van der Waals surface area contributed by atoms with Crippen LogP contribution in [0.2, 0.25) is 0 Å². The molecule has 9 rings (SSSR count). The Morgan fingerprint density at radius 3 is 1.63 bits per heavy atom. The van der Waals surface area contributed by atoms with Crippen molar-refractivity contribution in [2.24, 2.45) is 58.4 Å². The zero-order valence-electron chi connectivity index (χ0n) is 34.7. The van der Waals surface area contributed by atoms with E-state index in [1.54, 1.807) is 0 Å². The van der Waals surface area contributed by atoms with E-state index in [9.17, 15) is 0 Å². The van der Waals surface area contributed by atoms with E-state index in [0.717, 1.165) is 72.4 Å². The normalized spacial score (nSPS) is 25.2. The Balaban J connectivity index is 0.000000290. The van der Waals surface area contributed by atoms with Crippen LogP contribution in [0.4, 0.5) is 0 Å². The average Bonchev–Trinajstić information content (AvgIpc) is 4.14. The van der Waals surface area contributed by atoms with Gasteiger partial charge in [-0.25, -0.2) is 4.68 Å². The largest absolute Gasteiger partial charge is 0.396 e. The molecule has 1 heterocycles. The predicted octanol–water partition coefficient (Wildman–Crippen LogP) is 12.1. The third-order valence-electron chi connectivity index (χ3n) is 12.1. The fourth-order valence-electron chi connectivity index (χ4n) is 9.03. The van der Waals surface area contributed by atoms with Crippen molar-refractivity contribution in [2.45, 2.75) is 94.3 Å². The minimum absolute atomic E-state index is 0. The molecule has 6 aliphatic carbocycles. The molecular weight excluding hydrogens is 837 g/mol. The molecule has 3 aromatic rings. The highest BCUT2D eigenvalue weighted by Crippen LogP contribution is 2.45. The van der Waals surface area contributed by atoms with E-state index >= 15 is 0 Å². The molecule has 0 aliphatic heterocycles. The van der Waals surface area contributed by atoms with Gasteiger partial charge in [0.05, 0.1) is 44.4 Å². The summed E-state index contributed by atoms with van der Waals surface area (Å²) < 4.78 is 13.1. The molecule has 6 aliphatic rings. The van der Waals surface area contributed by atoms with E-state index < -0.39 is 0 Å². The molecule has 10 heteroatoms. The summed E-state index contributed by atoms with van der Waals surface area (Å²) >= 11 is 3.01. The second kappa shape index (κ2) is 29.0. The molecule has 1 aromatic heterocycles. The fraction of sp³-hybridized carbons (Fsp3) is 0.538. The number of rotatable bonds is 12. The van der Waals surface area contributed by atoms with Crippen LogP contribution in [-0.2, 0) is 29.2 Å². The summed E-state index contributed by atoms with van der Waals surface area (Å²) in [4.78, 5) is 2.68. The number of nitrogens with zero attached hydrogens (tertiary/aromatic N) is 6. The Kier molecular flexibility index (Phi) is 25.2. The number of hydrogen-bond donors (Lipinski definition) is 1. The summed E-state index contributed by atoms with van der Waals surface area (Å²) in [6.45, 7) is 8.44.